The molecule has 6 heteroatoms. The number of rotatable bonds is 3. The number of hydrogen-bond acceptors (Lipinski definition) is 2. The molecule has 4 rings (SSSR count). The number of halogens is 4. The third-order valence-electron chi connectivity index (χ3n) is 5.87. The normalized spacial score (nSPS) is 48.4. The van der Waals surface area contributed by atoms with Gasteiger partial charge in [0.2, 0.25) is 0 Å². The van der Waals surface area contributed by atoms with E-state index >= 15 is 0 Å². The number of hydrogen-bond donors (Lipinski definition) is 2. The maximum absolute atomic E-state index is 13.2. The molecule has 0 aromatic rings. The Morgan fingerprint density at radius 1 is 1.00 bits per heavy atom. The zero-order chi connectivity index (χ0) is 15.7. The molecule has 0 saturated heterocycles. The van der Waals surface area contributed by atoms with Crippen molar-refractivity contribution >= 4 is 0 Å². The van der Waals surface area contributed by atoms with Gasteiger partial charge in [0.15, 0.2) is 0 Å². The molecule has 122 valence electrons. The quantitative estimate of drug-likeness (QED) is 0.785. The molecule has 3 unspecified atom stereocenters. The van der Waals surface area contributed by atoms with Gasteiger partial charge in [0.05, 0.1) is 16.6 Å². The molecule has 0 aromatic carbocycles. The van der Waals surface area contributed by atoms with Crippen LogP contribution in [0, 0.1) is 16.7 Å². The van der Waals surface area contributed by atoms with Gasteiger partial charge in [-0.15, -0.1) is 0 Å². The maximum atomic E-state index is 13.2. The van der Waals surface area contributed by atoms with Crippen LogP contribution in [0.15, 0.2) is 0 Å². The smallest absolute Gasteiger partial charge is 0.390 e. The SMILES string of the molecule is CC(CF)(CC12CC3CC(O)(CC(O)(C3)C1)C2)C(F)(F)F. The summed E-state index contributed by atoms with van der Waals surface area (Å²) in [5.41, 5.74) is -5.33. The molecule has 0 radical (unpaired) electrons. The highest BCUT2D eigenvalue weighted by Gasteiger charge is 2.65. The molecule has 0 spiro atoms. The van der Waals surface area contributed by atoms with Crippen LogP contribution in [0.5, 0.6) is 0 Å². The fourth-order valence-corrected chi connectivity index (χ4v) is 5.78. The molecule has 3 atom stereocenters. The van der Waals surface area contributed by atoms with E-state index in [1.165, 1.54) is 0 Å². The predicted molar refractivity (Wildman–Crippen MR) is 68.3 cm³/mol. The third kappa shape index (κ3) is 2.38. The lowest BCUT2D eigenvalue weighted by atomic mass is 9.44. The minimum atomic E-state index is -4.61. The molecule has 2 nitrogen and oxygen atoms in total. The molecule has 0 amide bonds. The van der Waals surface area contributed by atoms with E-state index in [1.54, 1.807) is 0 Å². The molecule has 4 saturated carbocycles. The topological polar surface area (TPSA) is 40.5 Å². The van der Waals surface area contributed by atoms with Crippen LogP contribution < -0.4 is 0 Å². The van der Waals surface area contributed by atoms with Crippen molar-refractivity contribution in [1.29, 1.82) is 0 Å². The minimum Gasteiger partial charge on any atom is -0.390 e. The lowest BCUT2D eigenvalue weighted by Crippen LogP contribution is -2.64. The molecule has 4 aliphatic carbocycles. The van der Waals surface area contributed by atoms with Gasteiger partial charge in [-0.05, 0) is 56.8 Å². The minimum absolute atomic E-state index is 0.0494. The standard InChI is InChI=1S/C15H22F4O2/c1-11(9-16,15(17,18)19)5-12-2-10-3-13(20,6-12)8-14(21,4-10)7-12/h10,20-21H,2-9H2,1H3. The lowest BCUT2D eigenvalue weighted by molar-refractivity contribution is -0.270. The van der Waals surface area contributed by atoms with Crippen LogP contribution in [0.2, 0.25) is 0 Å². The van der Waals surface area contributed by atoms with Gasteiger partial charge in [-0.25, -0.2) is 0 Å². The van der Waals surface area contributed by atoms with Crippen molar-refractivity contribution in [2.75, 3.05) is 6.67 Å². The van der Waals surface area contributed by atoms with Crippen LogP contribution in [0.25, 0.3) is 0 Å². The Kier molecular flexibility index (Phi) is 3.06. The first-order chi connectivity index (χ1) is 9.42. The molecule has 4 bridgehead atoms. The summed E-state index contributed by atoms with van der Waals surface area (Å²) in [5, 5.41) is 21.1. The van der Waals surface area contributed by atoms with E-state index in [9.17, 15) is 27.8 Å². The molecule has 4 aliphatic rings. The van der Waals surface area contributed by atoms with Crippen LogP contribution >= 0.6 is 0 Å². The second-order valence-electron chi connectivity index (χ2n) is 8.33. The lowest BCUT2D eigenvalue weighted by Gasteiger charge is -2.64. The van der Waals surface area contributed by atoms with Crippen molar-refractivity contribution in [3.05, 3.63) is 0 Å². The first kappa shape index (κ1) is 15.5. The van der Waals surface area contributed by atoms with Crippen molar-refractivity contribution in [1.82, 2.24) is 0 Å². The van der Waals surface area contributed by atoms with E-state index in [4.69, 9.17) is 0 Å². The molecule has 0 aliphatic heterocycles. The third-order valence-corrected chi connectivity index (χ3v) is 5.87. The van der Waals surface area contributed by atoms with Crippen LogP contribution in [0.3, 0.4) is 0 Å². The second kappa shape index (κ2) is 4.13. The summed E-state index contributed by atoms with van der Waals surface area (Å²) in [6, 6.07) is 0. The predicted octanol–water partition coefficient (Wildman–Crippen LogP) is 3.36. The largest absolute Gasteiger partial charge is 0.396 e. The maximum Gasteiger partial charge on any atom is 0.396 e. The highest BCUT2D eigenvalue weighted by Crippen LogP contribution is 2.66. The Balaban J connectivity index is 1.91. The fourth-order valence-electron chi connectivity index (χ4n) is 5.78. The Morgan fingerprint density at radius 2 is 1.52 bits per heavy atom. The summed E-state index contributed by atoms with van der Waals surface area (Å²) < 4.78 is 52.8. The molecule has 21 heavy (non-hydrogen) atoms. The fraction of sp³-hybridized carbons (Fsp3) is 1.00. The van der Waals surface area contributed by atoms with Gasteiger partial charge in [0.1, 0.15) is 6.67 Å². The van der Waals surface area contributed by atoms with Gasteiger partial charge in [-0.1, -0.05) is 0 Å². The number of alkyl halides is 4. The Bertz CT molecular complexity index is 431. The molecule has 4 fully saturated rings. The average molecular weight is 310 g/mol. The van der Waals surface area contributed by atoms with Crippen molar-refractivity contribution < 1.29 is 27.8 Å². The highest BCUT2D eigenvalue weighted by atomic mass is 19.4. The Hall–Kier alpha value is -0.360. The van der Waals surface area contributed by atoms with Gasteiger partial charge >= 0.3 is 6.18 Å². The van der Waals surface area contributed by atoms with Gasteiger partial charge in [0, 0.05) is 6.42 Å². The van der Waals surface area contributed by atoms with Gasteiger partial charge in [-0.2, -0.15) is 13.2 Å². The summed E-state index contributed by atoms with van der Waals surface area (Å²) in [6.45, 7) is -0.542. The van der Waals surface area contributed by atoms with E-state index in [-0.39, 0.29) is 31.6 Å². The summed E-state index contributed by atoms with van der Waals surface area (Å²) in [6.07, 6.45) is -2.54. The second-order valence-corrected chi connectivity index (χ2v) is 8.33. The van der Waals surface area contributed by atoms with Crippen molar-refractivity contribution in [2.45, 2.75) is 69.2 Å². The molecule has 0 heterocycles. The molecule has 0 aromatic heterocycles. The van der Waals surface area contributed by atoms with Crippen LogP contribution in [0.1, 0.15) is 51.9 Å². The van der Waals surface area contributed by atoms with E-state index in [1.807, 2.05) is 0 Å². The van der Waals surface area contributed by atoms with Crippen LogP contribution in [-0.2, 0) is 0 Å². The summed E-state index contributed by atoms with van der Waals surface area (Å²) in [4.78, 5) is 0. The van der Waals surface area contributed by atoms with Crippen LogP contribution in [-0.4, -0.2) is 34.3 Å². The summed E-state index contributed by atoms with van der Waals surface area (Å²) in [7, 11) is 0. The molecular weight excluding hydrogens is 288 g/mol. The van der Waals surface area contributed by atoms with E-state index in [2.05, 4.69) is 0 Å². The summed E-state index contributed by atoms with van der Waals surface area (Å²) in [5.74, 6) is 0.0494. The zero-order valence-corrected chi connectivity index (χ0v) is 12.1. The van der Waals surface area contributed by atoms with Crippen molar-refractivity contribution in [3.8, 4) is 0 Å². The average Bonchev–Trinajstić information content (AvgIpc) is 2.21. The van der Waals surface area contributed by atoms with E-state index < -0.39 is 34.9 Å². The first-order valence-electron chi connectivity index (χ1n) is 7.50. The van der Waals surface area contributed by atoms with Gasteiger partial charge in [0.25, 0.3) is 0 Å². The number of aliphatic hydroxyl groups is 2. The van der Waals surface area contributed by atoms with E-state index in [0.717, 1.165) is 6.92 Å². The first-order valence-corrected chi connectivity index (χ1v) is 7.50. The monoisotopic (exact) mass is 310 g/mol. The van der Waals surface area contributed by atoms with Crippen molar-refractivity contribution in [3.63, 3.8) is 0 Å². The molecule has 2 N–H and O–H groups in total. The zero-order valence-electron chi connectivity index (χ0n) is 12.1. The summed E-state index contributed by atoms with van der Waals surface area (Å²) >= 11 is 0. The molecular formula is C15H22F4O2. The van der Waals surface area contributed by atoms with Gasteiger partial charge < -0.3 is 10.2 Å². The van der Waals surface area contributed by atoms with E-state index in [0.29, 0.717) is 19.3 Å². The highest BCUT2D eigenvalue weighted by molar-refractivity contribution is 5.15. The Morgan fingerprint density at radius 3 is 1.90 bits per heavy atom. The Labute approximate surface area is 121 Å². The van der Waals surface area contributed by atoms with Crippen molar-refractivity contribution in [2.24, 2.45) is 16.7 Å². The van der Waals surface area contributed by atoms with Crippen LogP contribution in [0.4, 0.5) is 17.6 Å². The van der Waals surface area contributed by atoms with Gasteiger partial charge in [-0.3, -0.25) is 4.39 Å².